The van der Waals surface area contributed by atoms with E-state index in [2.05, 4.69) is 23.5 Å². The summed E-state index contributed by atoms with van der Waals surface area (Å²) in [5.74, 6) is -0.394. The molecule has 2 N–H and O–H groups in total. The predicted octanol–water partition coefficient (Wildman–Crippen LogP) is 3.21. The summed E-state index contributed by atoms with van der Waals surface area (Å²) in [4.78, 5) is 15.0. The normalized spacial score (nSPS) is 11.7. The average molecular weight is 416 g/mol. The maximum absolute atomic E-state index is 12.1. The first kappa shape index (κ1) is 20.3. The van der Waals surface area contributed by atoms with Gasteiger partial charge in [-0.25, -0.2) is 0 Å². The van der Waals surface area contributed by atoms with Crippen LogP contribution in [0.5, 0.6) is 0 Å². The lowest BCUT2D eigenvalue weighted by atomic mass is 10.2. The number of carbonyl (C=O) groups is 1. The zero-order valence-electron chi connectivity index (χ0n) is 15.7. The molecular formula is C20H21N3O3S2. The first-order valence-corrected chi connectivity index (χ1v) is 10.4. The van der Waals surface area contributed by atoms with Gasteiger partial charge in [0.15, 0.2) is 0 Å². The SMILES string of the molecule is COCCNC(=O)/C(C#N)=C/c1cc2cc3sc(N(C)CCO)cc3cc2s1. The van der Waals surface area contributed by atoms with Gasteiger partial charge in [-0.15, -0.1) is 22.7 Å². The quantitative estimate of drug-likeness (QED) is 0.335. The first-order valence-electron chi connectivity index (χ1n) is 8.73. The molecule has 0 atom stereocenters. The average Bonchev–Trinajstić information content (AvgIpc) is 3.26. The van der Waals surface area contributed by atoms with Crippen LogP contribution in [0.2, 0.25) is 0 Å². The summed E-state index contributed by atoms with van der Waals surface area (Å²) in [6, 6.07) is 10.3. The van der Waals surface area contributed by atoms with Crippen LogP contribution in [-0.4, -0.2) is 51.5 Å². The maximum Gasteiger partial charge on any atom is 0.262 e. The molecule has 2 heterocycles. The van der Waals surface area contributed by atoms with Gasteiger partial charge in [0.25, 0.3) is 5.91 Å². The standard InChI is InChI=1S/C20H21N3O3S2/c1-23(4-5-24)19-11-14-10-17-13(9-18(14)28-19)7-16(27-17)8-15(12-21)20(25)22-3-6-26-2/h7-11,24H,3-6H2,1-2H3,(H,22,25)/b15-8+. The van der Waals surface area contributed by atoms with E-state index in [0.29, 0.717) is 19.7 Å². The number of benzene rings is 1. The molecule has 0 aliphatic carbocycles. The Labute approximate surface area is 171 Å². The van der Waals surface area contributed by atoms with Crippen molar-refractivity contribution in [2.75, 3.05) is 45.4 Å². The fraction of sp³-hybridized carbons (Fsp3) is 0.300. The van der Waals surface area contributed by atoms with Gasteiger partial charge in [0.1, 0.15) is 11.6 Å². The summed E-state index contributed by atoms with van der Waals surface area (Å²) < 4.78 is 7.17. The molecule has 146 valence electrons. The van der Waals surface area contributed by atoms with Crippen LogP contribution in [0.15, 0.2) is 29.8 Å². The highest BCUT2D eigenvalue weighted by molar-refractivity contribution is 7.23. The zero-order valence-corrected chi connectivity index (χ0v) is 17.3. The highest BCUT2D eigenvalue weighted by atomic mass is 32.1. The van der Waals surface area contributed by atoms with Crippen LogP contribution >= 0.6 is 22.7 Å². The van der Waals surface area contributed by atoms with E-state index in [0.717, 1.165) is 25.4 Å². The Bertz CT molecular complexity index is 1010. The van der Waals surface area contributed by atoms with Gasteiger partial charge in [-0.3, -0.25) is 4.79 Å². The van der Waals surface area contributed by atoms with Gasteiger partial charge in [0.2, 0.25) is 0 Å². The van der Waals surface area contributed by atoms with Gasteiger partial charge in [-0.1, -0.05) is 0 Å². The van der Waals surface area contributed by atoms with Crippen LogP contribution in [0.25, 0.3) is 26.2 Å². The van der Waals surface area contributed by atoms with Crippen LogP contribution in [0, 0.1) is 11.3 Å². The molecule has 0 aliphatic rings. The van der Waals surface area contributed by atoms with Crippen LogP contribution < -0.4 is 10.2 Å². The Hall–Kier alpha value is -2.44. The topological polar surface area (TPSA) is 85.6 Å². The maximum atomic E-state index is 12.1. The van der Waals surface area contributed by atoms with Crippen molar-refractivity contribution in [1.82, 2.24) is 5.32 Å². The van der Waals surface area contributed by atoms with Crippen molar-refractivity contribution < 1.29 is 14.6 Å². The molecule has 0 saturated carbocycles. The molecule has 2 aromatic heterocycles. The third-order valence-electron chi connectivity index (χ3n) is 4.22. The summed E-state index contributed by atoms with van der Waals surface area (Å²) in [6.45, 7) is 1.49. The first-order chi connectivity index (χ1) is 13.5. The van der Waals surface area contributed by atoms with E-state index >= 15 is 0 Å². The second kappa shape index (κ2) is 9.17. The molecule has 0 unspecified atom stereocenters. The Kier molecular flexibility index (Phi) is 6.65. The van der Waals surface area contributed by atoms with Crippen LogP contribution in [0.1, 0.15) is 4.88 Å². The number of amides is 1. The molecule has 1 aromatic carbocycles. The minimum Gasteiger partial charge on any atom is -0.395 e. The van der Waals surface area contributed by atoms with Gasteiger partial charge >= 0.3 is 0 Å². The molecule has 0 radical (unpaired) electrons. The number of rotatable bonds is 8. The van der Waals surface area contributed by atoms with Crippen molar-refractivity contribution in [2.45, 2.75) is 0 Å². The van der Waals surface area contributed by atoms with Gasteiger partial charge < -0.3 is 20.1 Å². The molecule has 3 rings (SSSR count). The number of nitrogens with one attached hydrogen (secondary N) is 1. The molecule has 8 heteroatoms. The van der Waals surface area contributed by atoms with E-state index in [1.165, 1.54) is 4.70 Å². The smallest absolute Gasteiger partial charge is 0.262 e. The number of nitrogens with zero attached hydrogens (tertiary/aromatic N) is 2. The van der Waals surface area contributed by atoms with Crippen molar-refractivity contribution in [3.05, 3.63) is 34.7 Å². The fourth-order valence-electron chi connectivity index (χ4n) is 2.75. The summed E-state index contributed by atoms with van der Waals surface area (Å²) in [6.07, 6.45) is 1.63. The number of hydrogen-bond donors (Lipinski definition) is 2. The van der Waals surface area contributed by atoms with E-state index in [1.54, 1.807) is 35.9 Å². The molecule has 0 spiro atoms. The molecule has 1 amide bonds. The third-order valence-corrected chi connectivity index (χ3v) is 6.47. The molecule has 6 nitrogen and oxygen atoms in total. The Morgan fingerprint density at radius 2 is 2.00 bits per heavy atom. The molecule has 0 bridgehead atoms. The predicted molar refractivity (Wildman–Crippen MR) is 116 cm³/mol. The Morgan fingerprint density at radius 3 is 2.68 bits per heavy atom. The van der Waals surface area contributed by atoms with Gasteiger partial charge in [0.05, 0.1) is 18.2 Å². The molecule has 0 saturated heterocycles. The van der Waals surface area contributed by atoms with Crippen LogP contribution in [-0.2, 0) is 9.53 Å². The number of fused-ring (bicyclic) bond motifs is 2. The molecule has 3 aromatic rings. The summed E-state index contributed by atoms with van der Waals surface area (Å²) >= 11 is 3.23. The number of nitriles is 1. The number of anilines is 1. The number of methoxy groups -OCH3 is 1. The lowest BCUT2D eigenvalue weighted by Crippen LogP contribution is -2.27. The third kappa shape index (κ3) is 4.51. The minimum absolute atomic E-state index is 0.0809. The second-order valence-electron chi connectivity index (χ2n) is 6.22. The number of thiophene rings is 2. The highest BCUT2D eigenvalue weighted by Crippen LogP contribution is 2.37. The van der Waals surface area contributed by atoms with Crippen molar-refractivity contribution >= 4 is 59.8 Å². The van der Waals surface area contributed by atoms with Crippen molar-refractivity contribution in [2.24, 2.45) is 0 Å². The summed E-state index contributed by atoms with van der Waals surface area (Å²) in [7, 11) is 3.52. The van der Waals surface area contributed by atoms with E-state index < -0.39 is 5.91 Å². The summed E-state index contributed by atoms with van der Waals surface area (Å²) in [5, 5.41) is 24.4. The molecular weight excluding hydrogens is 394 g/mol. The number of ether oxygens (including phenoxy) is 1. The second-order valence-corrected chi connectivity index (χ2v) is 8.40. The van der Waals surface area contributed by atoms with E-state index in [-0.39, 0.29) is 12.2 Å². The van der Waals surface area contributed by atoms with Gasteiger partial charge in [-0.05, 0) is 41.1 Å². The van der Waals surface area contributed by atoms with Crippen molar-refractivity contribution in [3.8, 4) is 6.07 Å². The van der Waals surface area contributed by atoms with Crippen molar-refractivity contribution in [1.29, 1.82) is 5.26 Å². The number of carbonyl (C=O) groups excluding carboxylic acids is 1. The van der Waals surface area contributed by atoms with E-state index in [4.69, 9.17) is 9.84 Å². The lowest BCUT2D eigenvalue weighted by molar-refractivity contribution is -0.117. The number of hydrogen-bond acceptors (Lipinski definition) is 7. The van der Waals surface area contributed by atoms with Crippen LogP contribution in [0.4, 0.5) is 5.00 Å². The monoisotopic (exact) mass is 415 g/mol. The zero-order chi connectivity index (χ0) is 20.1. The number of aliphatic hydroxyl groups is 1. The van der Waals surface area contributed by atoms with Gasteiger partial charge in [0, 0.05) is 41.5 Å². The fourth-order valence-corrected chi connectivity index (χ4v) is 4.87. The Balaban J connectivity index is 1.87. The Morgan fingerprint density at radius 1 is 1.29 bits per heavy atom. The molecule has 0 fully saturated rings. The van der Waals surface area contributed by atoms with Crippen molar-refractivity contribution in [3.63, 3.8) is 0 Å². The van der Waals surface area contributed by atoms with Crippen LogP contribution in [0.3, 0.4) is 0 Å². The molecule has 28 heavy (non-hydrogen) atoms. The number of likely N-dealkylation sites (N-methyl/N-ethyl adjacent to an activating group) is 1. The van der Waals surface area contributed by atoms with E-state index in [1.807, 2.05) is 24.1 Å². The molecule has 0 aliphatic heterocycles. The largest absolute Gasteiger partial charge is 0.395 e. The minimum atomic E-state index is -0.394. The lowest BCUT2D eigenvalue weighted by Gasteiger charge is -2.14. The summed E-state index contributed by atoms with van der Waals surface area (Å²) in [5.41, 5.74) is 0.0809. The van der Waals surface area contributed by atoms with E-state index in [9.17, 15) is 10.1 Å². The highest BCUT2D eigenvalue weighted by Gasteiger charge is 2.12. The number of aliphatic hydroxyl groups excluding tert-OH is 1. The van der Waals surface area contributed by atoms with Gasteiger partial charge in [-0.2, -0.15) is 5.26 Å².